The number of ketones is 1. The van der Waals surface area contributed by atoms with Crippen LogP contribution in [0.5, 0.6) is 11.5 Å². The van der Waals surface area contributed by atoms with Crippen molar-refractivity contribution in [2.45, 2.75) is 27.3 Å². The number of hydrogen-bond donors (Lipinski definition) is 0. The van der Waals surface area contributed by atoms with Gasteiger partial charge in [-0.3, -0.25) is 14.6 Å². The quantitative estimate of drug-likeness (QED) is 0.534. The molecule has 0 spiro atoms. The molecular weight excluding hydrogens is 414 g/mol. The molecular formula is C27H31N3O3. The number of hydrogen-bond acceptors (Lipinski definition) is 5. The largest absolute Gasteiger partial charge is 0.454 e. The van der Waals surface area contributed by atoms with Gasteiger partial charge in [0.1, 0.15) is 0 Å². The van der Waals surface area contributed by atoms with Gasteiger partial charge in [0, 0.05) is 61.4 Å². The molecule has 6 heteroatoms. The first-order valence-electron chi connectivity index (χ1n) is 11.6. The molecule has 0 radical (unpaired) electrons. The lowest BCUT2D eigenvalue weighted by atomic mass is 10.1. The highest BCUT2D eigenvalue weighted by molar-refractivity contribution is 5.99. The Bertz CT molecular complexity index is 1180. The molecule has 3 aromatic rings. The molecule has 1 aromatic heterocycles. The fraction of sp³-hybridized carbons (Fsp3) is 0.370. The van der Waals surface area contributed by atoms with Gasteiger partial charge in [0.05, 0.1) is 6.54 Å². The third-order valence-electron chi connectivity index (χ3n) is 6.67. The molecule has 0 unspecified atom stereocenters. The third kappa shape index (κ3) is 4.54. The molecule has 0 saturated carbocycles. The summed E-state index contributed by atoms with van der Waals surface area (Å²) in [6.07, 6.45) is 0. The van der Waals surface area contributed by atoms with E-state index in [1.807, 2.05) is 38.1 Å². The van der Waals surface area contributed by atoms with Crippen LogP contribution in [-0.2, 0) is 6.54 Å². The van der Waals surface area contributed by atoms with Crippen molar-refractivity contribution in [1.29, 1.82) is 0 Å². The average Bonchev–Trinajstić information content (AvgIpc) is 3.38. The first kappa shape index (κ1) is 21.7. The maximum absolute atomic E-state index is 13.2. The number of carbonyl (C=O) groups excluding carboxylic acids is 1. The van der Waals surface area contributed by atoms with Crippen molar-refractivity contribution in [2.24, 2.45) is 0 Å². The summed E-state index contributed by atoms with van der Waals surface area (Å²) in [4.78, 5) is 18.0. The van der Waals surface area contributed by atoms with Crippen LogP contribution in [0.4, 0.5) is 0 Å². The number of aryl methyl sites for hydroxylation is 2. The Morgan fingerprint density at radius 1 is 0.879 bits per heavy atom. The van der Waals surface area contributed by atoms with Crippen LogP contribution in [0, 0.1) is 20.8 Å². The van der Waals surface area contributed by atoms with Gasteiger partial charge in [-0.05, 0) is 44.5 Å². The van der Waals surface area contributed by atoms with Gasteiger partial charge in [-0.1, -0.05) is 29.8 Å². The van der Waals surface area contributed by atoms with E-state index >= 15 is 0 Å². The molecule has 6 nitrogen and oxygen atoms in total. The van der Waals surface area contributed by atoms with E-state index in [1.165, 1.54) is 11.1 Å². The number of piperazine rings is 1. The summed E-state index contributed by atoms with van der Waals surface area (Å²) in [7, 11) is 0. The van der Waals surface area contributed by atoms with E-state index in [4.69, 9.17) is 9.47 Å². The number of ether oxygens (including phenoxy) is 2. The van der Waals surface area contributed by atoms with E-state index in [0.29, 0.717) is 6.54 Å². The molecule has 2 aliphatic heterocycles. The predicted octanol–water partition coefficient (Wildman–Crippen LogP) is 4.13. The molecule has 5 rings (SSSR count). The Kier molecular flexibility index (Phi) is 5.96. The minimum Gasteiger partial charge on any atom is -0.454 e. The van der Waals surface area contributed by atoms with Gasteiger partial charge in [-0.2, -0.15) is 0 Å². The highest BCUT2D eigenvalue weighted by Crippen LogP contribution is 2.35. The predicted molar refractivity (Wildman–Crippen MR) is 129 cm³/mol. The molecule has 0 bridgehead atoms. The van der Waals surface area contributed by atoms with Crippen molar-refractivity contribution in [3.8, 4) is 17.2 Å². The summed E-state index contributed by atoms with van der Waals surface area (Å²) >= 11 is 0. The SMILES string of the molecule is Cc1cccc(CN2CCN(CC(=O)c3cc(C)n(-c4ccc5c(c4)OCO5)c3C)CC2)c1. The van der Waals surface area contributed by atoms with E-state index in [-0.39, 0.29) is 12.6 Å². The van der Waals surface area contributed by atoms with Crippen LogP contribution >= 0.6 is 0 Å². The Balaban J connectivity index is 1.22. The van der Waals surface area contributed by atoms with Crippen LogP contribution in [0.25, 0.3) is 5.69 Å². The zero-order chi connectivity index (χ0) is 22.9. The lowest BCUT2D eigenvalue weighted by molar-refractivity contribution is 0.0843. The van der Waals surface area contributed by atoms with Gasteiger partial charge in [-0.25, -0.2) is 0 Å². The Morgan fingerprint density at radius 3 is 2.42 bits per heavy atom. The fourth-order valence-electron chi connectivity index (χ4n) is 4.93. The lowest BCUT2D eigenvalue weighted by Gasteiger charge is -2.34. The molecule has 2 aliphatic rings. The van der Waals surface area contributed by atoms with Crippen molar-refractivity contribution >= 4 is 5.78 Å². The average molecular weight is 446 g/mol. The van der Waals surface area contributed by atoms with E-state index in [0.717, 1.165) is 66.9 Å². The van der Waals surface area contributed by atoms with Crippen LogP contribution in [0.3, 0.4) is 0 Å². The Hall–Kier alpha value is -3.09. The van der Waals surface area contributed by atoms with Crippen LogP contribution in [0.1, 0.15) is 32.9 Å². The van der Waals surface area contributed by atoms with E-state index < -0.39 is 0 Å². The van der Waals surface area contributed by atoms with Crippen LogP contribution in [0.2, 0.25) is 0 Å². The molecule has 0 atom stereocenters. The topological polar surface area (TPSA) is 46.9 Å². The number of fused-ring (bicyclic) bond motifs is 1. The Morgan fingerprint density at radius 2 is 1.64 bits per heavy atom. The maximum Gasteiger partial charge on any atom is 0.231 e. The number of benzene rings is 2. The van der Waals surface area contributed by atoms with Gasteiger partial charge < -0.3 is 14.0 Å². The smallest absolute Gasteiger partial charge is 0.231 e. The first-order valence-corrected chi connectivity index (χ1v) is 11.6. The van der Waals surface area contributed by atoms with Gasteiger partial charge in [0.15, 0.2) is 17.3 Å². The second kappa shape index (κ2) is 9.04. The highest BCUT2D eigenvalue weighted by atomic mass is 16.7. The Labute approximate surface area is 195 Å². The summed E-state index contributed by atoms with van der Waals surface area (Å²) in [5.41, 5.74) is 6.45. The van der Waals surface area contributed by atoms with Crippen molar-refractivity contribution in [3.63, 3.8) is 0 Å². The van der Waals surface area contributed by atoms with Crippen molar-refractivity contribution < 1.29 is 14.3 Å². The second-order valence-corrected chi connectivity index (χ2v) is 9.12. The monoisotopic (exact) mass is 445 g/mol. The molecule has 0 aliphatic carbocycles. The summed E-state index contributed by atoms with van der Waals surface area (Å²) in [6, 6.07) is 16.6. The molecule has 0 N–H and O–H groups in total. The normalized spacial score (nSPS) is 16.3. The van der Waals surface area contributed by atoms with Gasteiger partial charge in [-0.15, -0.1) is 0 Å². The van der Waals surface area contributed by atoms with Crippen LogP contribution < -0.4 is 9.47 Å². The molecule has 172 valence electrons. The molecule has 1 fully saturated rings. The van der Waals surface area contributed by atoms with Gasteiger partial charge in [0.2, 0.25) is 6.79 Å². The zero-order valence-electron chi connectivity index (χ0n) is 19.6. The van der Waals surface area contributed by atoms with Gasteiger partial charge >= 0.3 is 0 Å². The summed E-state index contributed by atoms with van der Waals surface area (Å²) in [6.45, 7) is 11.7. The van der Waals surface area contributed by atoms with Crippen molar-refractivity contribution in [2.75, 3.05) is 39.5 Å². The number of aromatic nitrogens is 1. The molecule has 33 heavy (non-hydrogen) atoms. The third-order valence-corrected chi connectivity index (χ3v) is 6.67. The molecule has 3 heterocycles. The van der Waals surface area contributed by atoms with Crippen molar-refractivity contribution in [3.05, 3.63) is 76.6 Å². The van der Waals surface area contributed by atoms with Crippen LogP contribution in [0.15, 0.2) is 48.5 Å². The summed E-state index contributed by atoms with van der Waals surface area (Å²) < 4.78 is 13.1. The molecule has 1 saturated heterocycles. The number of nitrogens with zero attached hydrogens (tertiary/aromatic N) is 3. The first-order chi connectivity index (χ1) is 16.0. The lowest BCUT2D eigenvalue weighted by Crippen LogP contribution is -2.47. The van der Waals surface area contributed by atoms with Crippen molar-refractivity contribution in [1.82, 2.24) is 14.4 Å². The van der Waals surface area contributed by atoms with E-state index in [9.17, 15) is 4.79 Å². The maximum atomic E-state index is 13.2. The number of rotatable bonds is 6. The highest BCUT2D eigenvalue weighted by Gasteiger charge is 2.23. The minimum atomic E-state index is 0.183. The fourth-order valence-corrected chi connectivity index (χ4v) is 4.93. The summed E-state index contributed by atoms with van der Waals surface area (Å²) in [5.74, 6) is 1.69. The standard InChI is InChI=1S/C27H31N3O3/c1-19-5-4-6-22(13-19)16-28-9-11-29(12-10-28)17-25(31)24-14-20(2)30(21(24)3)23-7-8-26-27(15-23)33-18-32-26/h4-8,13-15H,9-12,16-18H2,1-3H3. The molecule has 0 amide bonds. The number of carbonyl (C=O) groups is 1. The van der Waals surface area contributed by atoms with E-state index in [1.54, 1.807) is 0 Å². The minimum absolute atomic E-state index is 0.183. The van der Waals surface area contributed by atoms with Gasteiger partial charge in [0.25, 0.3) is 0 Å². The van der Waals surface area contributed by atoms with Crippen LogP contribution in [-0.4, -0.2) is 59.7 Å². The number of Topliss-reactive ketones (excluding diaryl/α,β-unsaturated/α-hetero) is 1. The second-order valence-electron chi connectivity index (χ2n) is 9.12. The molecule has 2 aromatic carbocycles. The van der Waals surface area contributed by atoms with E-state index in [2.05, 4.69) is 45.6 Å². The summed E-state index contributed by atoms with van der Waals surface area (Å²) in [5, 5.41) is 0. The zero-order valence-corrected chi connectivity index (χ0v) is 19.6.